The maximum absolute atomic E-state index is 10.5. The van der Waals surface area contributed by atoms with Crippen molar-refractivity contribution in [2.45, 2.75) is 0 Å². The molecule has 0 atom stereocenters. The number of methoxy groups -OCH3 is 1. The fraction of sp³-hybridized carbons (Fsp3) is 0.286. The summed E-state index contributed by atoms with van der Waals surface area (Å²) in [4.78, 5) is 10.5. The first kappa shape index (κ1) is 7.65. The Hall–Kier alpha value is -1.45. The van der Waals surface area contributed by atoms with Gasteiger partial charge in [0.25, 0.3) is 0 Å². The molecule has 4 nitrogen and oxygen atoms in total. The standard InChI is InChI=1S/C7H9NO3/c1-8-5(7(9)10)3-4-6(8)11-2/h3-4H,1-2H3,(H,9,10). The molecule has 0 amide bonds. The zero-order valence-corrected chi connectivity index (χ0v) is 6.37. The van der Waals surface area contributed by atoms with Crippen LogP contribution < -0.4 is 4.74 Å². The van der Waals surface area contributed by atoms with Crippen LogP contribution in [0.25, 0.3) is 0 Å². The maximum Gasteiger partial charge on any atom is 0.352 e. The monoisotopic (exact) mass is 155 g/mol. The molecule has 0 radical (unpaired) electrons. The van der Waals surface area contributed by atoms with Crippen LogP contribution in [0.3, 0.4) is 0 Å². The number of carboxylic acids is 1. The third kappa shape index (κ3) is 1.19. The van der Waals surface area contributed by atoms with Gasteiger partial charge < -0.3 is 14.4 Å². The van der Waals surface area contributed by atoms with Crippen molar-refractivity contribution in [1.82, 2.24) is 4.57 Å². The van der Waals surface area contributed by atoms with E-state index in [1.165, 1.54) is 17.7 Å². The SMILES string of the molecule is COc1ccc(C(=O)O)n1C. The van der Waals surface area contributed by atoms with E-state index in [0.717, 1.165) is 0 Å². The Morgan fingerprint density at radius 1 is 1.64 bits per heavy atom. The van der Waals surface area contributed by atoms with E-state index in [0.29, 0.717) is 5.88 Å². The minimum absolute atomic E-state index is 0.224. The van der Waals surface area contributed by atoms with Gasteiger partial charge in [-0.1, -0.05) is 0 Å². The lowest BCUT2D eigenvalue weighted by atomic mass is 10.4. The summed E-state index contributed by atoms with van der Waals surface area (Å²) in [5.74, 6) is -0.404. The highest BCUT2D eigenvalue weighted by atomic mass is 16.5. The van der Waals surface area contributed by atoms with Crippen molar-refractivity contribution < 1.29 is 14.6 Å². The summed E-state index contributed by atoms with van der Waals surface area (Å²) in [5.41, 5.74) is 0.224. The van der Waals surface area contributed by atoms with Crippen LogP contribution in [-0.2, 0) is 7.05 Å². The molecule has 11 heavy (non-hydrogen) atoms. The van der Waals surface area contributed by atoms with Crippen molar-refractivity contribution in [3.63, 3.8) is 0 Å². The van der Waals surface area contributed by atoms with Crippen molar-refractivity contribution in [3.8, 4) is 5.88 Å². The van der Waals surface area contributed by atoms with Gasteiger partial charge in [0.1, 0.15) is 5.69 Å². The smallest absolute Gasteiger partial charge is 0.352 e. The molecular weight excluding hydrogens is 146 g/mol. The largest absolute Gasteiger partial charge is 0.482 e. The molecule has 60 valence electrons. The van der Waals surface area contributed by atoms with E-state index >= 15 is 0 Å². The molecule has 1 aromatic rings. The van der Waals surface area contributed by atoms with Gasteiger partial charge in [0.15, 0.2) is 5.88 Å². The second-order valence-corrected chi connectivity index (χ2v) is 2.13. The fourth-order valence-corrected chi connectivity index (χ4v) is 0.912. The van der Waals surface area contributed by atoms with Crippen LogP contribution in [0.2, 0.25) is 0 Å². The Bertz CT molecular complexity index is 277. The highest BCUT2D eigenvalue weighted by Gasteiger charge is 2.09. The van der Waals surface area contributed by atoms with Crippen LogP contribution in [0.4, 0.5) is 0 Å². The van der Waals surface area contributed by atoms with E-state index in [9.17, 15) is 4.79 Å². The molecule has 1 rings (SSSR count). The van der Waals surface area contributed by atoms with Crippen LogP contribution >= 0.6 is 0 Å². The number of nitrogens with zero attached hydrogens (tertiary/aromatic N) is 1. The highest BCUT2D eigenvalue weighted by Crippen LogP contribution is 2.13. The minimum Gasteiger partial charge on any atom is -0.482 e. The average molecular weight is 155 g/mol. The molecule has 0 saturated heterocycles. The number of ether oxygens (including phenoxy) is 1. The summed E-state index contributed by atoms with van der Waals surface area (Å²) in [6.45, 7) is 0. The molecule has 1 aromatic heterocycles. The number of carbonyl (C=O) groups is 1. The number of carboxylic acid groups (broad SMARTS) is 1. The summed E-state index contributed by atoms with van der Waals surface area (Å²) >= 11 is 0. The molecule has 0 spiro atoms. The molecule has 0 aliphatic carbocycles. The van der Waals surface area contributed by atoms with Gasteiger partial charge in [-0.3, -0.25) is 0 Å². The first-order valence-electron chi connectivity index (χ1n) is 3.10. The molecule has 1 N–H and O–H groups in total. The minimum atomic E-state index is -0.948. The third-order valence-corrected chi connectivity index (χ3v) is 1.50. The van der Waals surface area contributed by atoms with Gasteiger partial charge in [-0.2, -0.15) is 0 Å². The maximum atomic E-state index is 10.5. The fourth-order valence-electron chi connectivity index (χ4n) is 0.912. The van der Waals surface area contributed by atoms with Gasteiger partial charge in [-0.15, -0.1) is 0 Å². The van der Waals surface area contributed by atoms with E-state index < -0.39 is 5.97 Å². The number of hydrogen-bond acceptors (Lipinski definition) is 2. The van der Waals surface area contributed by atoms with Crippen molar-refractivity contribution in [2.24, 2.45) is 7.05 Å². The summed E-state index contributed by atoms with van der Waals surface area (Å²) in [5, 5.41) is 8.60. The van der Waals surface area contributed by atoms with E-state index in [4.69, 9.17) is 9.84 Å². The summed E-state index contributed by atoms with van der Waals surface area (Å²) in [6, 6.07) is 3.12. The van der Waals surface area contributed by atoms with Crippen LogP contribution in [-0.4, -0.2) is 22.8 Å². The second kappa shape index (κ2) is 2.65. The van der Waals surface area contributed by atoms with Crippen LogP contribution in [0, 0.1) is 0 Å². The molecular formula is C7H9NO3. The Labute approximate surface area is 64.0 Å². The summed E-state index contributed by atoms with van der Waals surface area (Å²) in [6.07, 6.45) is 0. The molecule has 0 fully saturated rings. The molecule has 0 aromatic carbocycles. The van der Waals surface area contributed by atoms with Crippen LogP contribution in [0.15, 0.2) is 12.1 Å². The van der Waals surface area contributed by atoms with Gasteiger partial charge in [-0.25, -0.2) is 4.79 Å². The summed E-state index contributed by atoms with van der Waals surface area (Å²) in [7, 11) is 3.14. The normalized spacial score (nSPS) is 9.64. The quantitative estimate of drug-likeness (QED) is 0.685. The first-order chi connectivity index (χ1) is 5.16. The Kier molecular flexibility index (Phi) is 1.85. The zero-order chi connectivity index (χ0) is 8.43. The topological polar surface area (TPSA) is 51.5 Å². The van der Waals surface area contributed by atoms with Gasteiger partial charge in [0.05, 0.1) is 7.11 Å². The molecule has 0 aliphatic heterocycles. The Morgan fingerprint density at radius 3 is 2.55 bits per heavy atom. The Balaban J connectivity index is 3.10. The predicted molar refractivity (Wildman–Crippen MR) is 38.9 cm³/mol. The van der Waals surface area contributed by atoms with Crippen molar-refractivity contribution in [2.75, 3.05) is 7.11 Å². The molecule has 0 saturated carbocycles. The first-order valence-corrected chi connectivity index (χ1v) is 3.10. The van der Waals surface area contributed by atoms with Gasteiger partial charge >= 0.3 is 5.97 Å². The van der Waals surface area contributed by atoms with Gasteiger partial charge in [-0.05, 0) is 6.07 Å². The number of rotatable bonds is 2. The molecule has 0 bridgehead atoms. The van der Waals surface area contributed by atoms with Crippen molar-refractivity contribution >= 4 is 5.97 Å². The number of aromatic carboxylic acids is 1. The van der Waals surface area contributed by atoms with Gasteiger partial charge in [0, 0.05) is 13.1 Å². The van der Waals surface area contributed by atoms with E-state index in [-0.39, 0.29) is 5.69 Å². The van der Waals surface area contributed by atoms with Crippen LogP contribution in [0.5, 0.6) is 5.88 Å². The van der Waals surface area contributed by atoms with Crippen molar-refractivity contribution in [1.29, 1.82) is 0 Å². The lowest BCUT2D eigenvalue weighted by molar-refractivity contribution is 0.0685. The third-order valence-electron chi connectivity index (χ3n) is 1.50. The van der Waals surface area contributed by atoms with Gasteiger partial charge in [0.2, 0.25) is 0 Å². The number of aromatic nitrogens is 1. The molecule has 0 aliphatic rings. The van der Waals surface area contributed by atoms with Crippen LogP contribution in [0.1, 0.15) is 10.5 Å². The second-order valence-electron chi connectivity index (χ2n) is 2.13. The summed E-state index contributed by atoms with van der Waals surface area (Å²) < 4.78 is 6.35. The Morgan fingerprint density at radius 2 is 2.27 bits per heavy atom. The van der Waals surface area contributed by atoms with E-state index in [2.05, 4.69) is 0 Å². The molecule has 0 unspecified atom stereocenters. The van der Waals surface area contributed by atoms with E-state index in [1.54, 1.807) is 13.1 Å². The van der Waals surface area contributed by atoms with E-state index in [1.807, 2.05) is 0 Å². The van der Waals surface area contributed by atoms with Crippen molar-refractivity contribution in [3.05, 3.63) is 17.8 Å². The lowest BCUT2D eigenvalue weighted by Crippen LogP contribution is -2.05. The molecule has 1 heterocycles. The predicted octanol–water partition coefficient (Wildman–Crippen LogP) is 0.732. The average Bonchev–Trinajstić information content (AvgIpc) is 2.30. The lowest BCUT2D eigenvalue weighted by Gasteiger charge is -2.01. The molecule has 4 heteroatoms. The zero-order valence-electron chi connectivity index (χ0n) is 6.37. The highest BCUT2D eigenvalue weighted by molar-refractivity contribution is 5.86. The number of hydrogen-bond donors (Lipinski definition) is 1.